The molecule has 0 radical (unpaired) electrons. The van der Waals surface area contributed by atoms with Gasteiger partial charge in [0.05, 0.1) is 33.5 Å². The van der Waals surface area contributed by atoms with Crippen LogP contribution in [0.3, 0.4) is 0 Å². The smallest absolute Gasteiger partial charge is 0.155 e. The second-order valence-electron chi connectivity index (χ2n) is 7.10. The maximum absolute atomic E-state index is 6.00. The Bertz CT molecular complexity index is 714. The number of ether oxygens (including phenoxy) is 4. The molecule has 28 heavy (non-hydrogen) atoms. The van der Waals surface area contributed by atoms with Gasteiger partial charge in [-0.3, -0.25) is 0 Å². The fourth-order valence-electron chi connectivity index (χ4n) is 3.74. The molecule has 0 bridgehead atoms. The van der Waals surface area contributed by atoms with Crippen molar-refractivity contribution in [1.82, 2.24) is 0 Å². The molecule has 0 amide bonds. The highest BCUT2D eigenvalue weighted by molar-refractivity contribution is 5.50. The highest BCUT2D eigenvalue weighted by Gasteiger charge is 2.25. The number of quaternary nitrogens is 2. The molecule has 2 aromatic carbocycles. The third kappa shape index (κ3) is 5.38. The fourth-order valence-corrected chi connectivity index (χ4v) is 3.74. The van der Waals surface area contributed by atoms with Crippen molar-refractivity contribution in [2.24, 2.45) is 0 Å². The number of rotatable bonds is 9. The number of hydrogen-bond acceptors (Lipinski definition) is 4. The molecule has 3 N–H and O–H groups in total. The Kier molecular flexibility index (Phi) is 7.54. The van der Waals surface area contributed by atoms with Gasteiger partial charge >= 0.3 is 0 Å². The van der Waals surface area contributed by atoms with E-state index in [1.165, 1.54) is 5.56 Å². The van der Waals surface area contributed by atoms with Crippen molar-refractivity contribution in [2.45, 2.75) is 19.2 Å². The summed E-state index contributed by atoms with van der Waals surface area (Å²) in [6.45, 7) is 5.64. The van der Waals surface area contributed by atoms with Gasteiger partial charge < -0.3 is 29.2 Å². The molecule has 1 heterocycles. The standard InChI is InChI=1S/C22H30N2O4/c1-25-18-11-21(26-2)20(22(12-18)27-3)14-23-13-19-16-24(9-10-28-19)15-17-7-5-4-6-8-17/h4-8,11-12,19,23H,9-10,13-16H2,1-3H3/p+2/t19-/m1/s1. The molecule has 1 unspecified atom stereocenters. The van der Waals surface area contributed by atoms with E-state index < -0.39 is 0 Å². The van der Waals surface area contributed by atoms with Crippen molar-refractivity contribution in [3.63, 3.8) is 0 Å². The van der Waals surface area contributed by atoms with E-state index in [0.29, 0.717) is 0 Å². The molecule has 1 fully saturated rings. The minimum atomic E-state index is 0.253. The lowest BCUT2D eigenvalue weighted by Gasteiger charge is -2.29. The van der Waals surface area contributed by atoms with Crippen LogP contribution < -0.4 is 24.4 Å². The molecule has 0 aliphatic carbocycles. The molecule has 0 saturated carbocycles. The highest BCUT2D eigenvalue weighted by Crippen LogP contribution is 2.33. The molecule has 0 spiro atoms. The van der Waals surface area contributed by atoms with E-state index >= 15 is 0 Å². The summed E-state index contributed by atoms with van der Waals surface area (Å²) >= 11 is 0. The Hall–Kier alpha value is -2.28. The van der Waals surface area contributed by atoms with Gasteiger partial charge in [-0.25, -0.2) is 0 Å². The van der Waals surface area contributed by atoms with Gasteiger partial charge in [-0.2, -0.15) is 0 Å². The lowest BCUT2D eigenvalue weighted by molar-refractivity contribution is -0.927. The minimum absolute atomic E-state index is 0.253. The van der Waals surface area contributed by atoms with Crippen molar-refractivity contribution in [3.05, 3.63) is 53.6 Å². The summed E-state index contributed by atoms with van der Waals surface area (Å²) < 4.78 is 22.4. The Morgan fingerprint density at radius 3 is 2.39 bits per heavy atom. The number of morpholine rings is 1. The van der Waals surface area contributed by atoms with Crippen molar-refractivity contribution < 1.29 is 29.2 Å². The first-order valence-electron chi connectivity index (χ1n) is 9.83. The topological polar surface area (TPSA) is 58.0 Å². The lowest BCUT2D eigenvalue weighted by atomic mass is 10.1. The first kappa shape index (κ1) is 20.5. The molecule has 2 aromatic rings. The number of benzene rings is 2. The maximum Gasteiger partial charge on any atom is 0.155 e. The summed E-state index contributed by atoms with van der Waals surface area (Å²) in [5, 5.41) is 2.27. The van der Waals surface area contributed by atoms with Crippen molar-refractivity contribution >= 4 is 0 Å². The van der Waals surface area contributed by atoms with Gasteiger partial charge in [0.2, 0.25) is 0 Å². The Morgan fingerprint density at radius 1 is 1.04 bits per heavy atom. The minimum Gasteiger partial charge on any atom is -0.496 e. The zero-order valence-corrected chi connectivity index (χ0v) is 17.1. The summed E-state index contributed by atoms with van der Waals surface area (Å²) in [5.74, 6) is 2.30. The Labute approximate surface area is 167 Å². The largest absolute Gasteiger partial charge is 0.496 e. The van der Waals surface area contributed by atoms with Crippen LogP contribution in [-0.4, -0.2) is 53.7 Å². The number of nitrogens with two attached hydrogens (primary N) is 1. The van der Waals surface area contributed by atoms with E-state index in [1.807, 2.05) is 12.1 Å². The van der Waals surface area contributed by atoms with Gasteiger partial charge in [0.15, 0.2) is 6.10 Å². The highest BCUT2D eigenvalue weighted by atomic mass is 16.5. The summed E-state index contributed by atoms with van der Waals surface area (Å²) in [6.07, 6.45) is 0.253. The van der Waals surface area contributed by atoms with E-state index in [9.17, 15) is 0 Å². The molecule has 0 aromatic heterocycles. The van der Waals surface area contributed by atoms with Gasteiger partial charge in [0.25, 0.3) is 0 Å². The van der Waals surface area contributed by atoms with Gasteiger partial charge in [-0.15, -0.1) is 0 Å². The summed E-state index contributed by atoms with van der Waals surface area (Å²) in [5.41, 5.74) is 2.42. The molecule has 2 atom stereocenters. The molecule has 1 aliphatic heterocycles. The van der Waals surface area contributed by atoms with Crippen LogP contribution in [0.2, 0.25) is 0 Å². The van der Waals surface area contributed by atoms with E-state index in [1.54, 1.807) is 26.2 Å². The van der Waals surface area contributed by atoms with Crippen LogP contribution in [0, 0.1) is 0 Å². The molecule has 6 heteroatoms. The van der Waals surface area contributed by atoms with E-state index in [0.717, 1.165) is 62.1 Å². The number of hydrogen-bond donors (Lipinski definition) is 2. The molecule has 3 rings (SSSR count). The first-order chi connectivity index (χ1) is 13.7. The monoisotopic (exact) mass is 388 g/mol. The number of nitrogens with one attached hydrogen (secondary N) is 1. The molecule has 6 nitrogen and oxygen atoms in total. The summed E-state index contributed by atoms with van der Waals surface area (Å²) in [7, 11) is 4.99. The van der Waals surface area contributed by atoms with Crippen molar-refractivity contribution in [3.8, 4) is 17.2 Å². The maximum atomic E-state index is 6.00. The van der Waals surface area contributed by atoms with Gasteiger partial charge in [-0.1, -0.05) is 30.3 Å². The van der Waals surface area contributed by atoms with E-state index in [4.69, 9.17) is 18.9 Å². The second kappa shape index (κ2) is 10.3. The average Bonchev–Trinajstić information content (AvgIpc) is 2.74. The lowest BCUT2D eigenvalue weighted by Crippen LogP contribution is -3.14. The molecular formula is C22H32N2O4+2. The number of methoxy groups -OCH3 is 3. The van der Waals surface area contributed by atoms with Crippen molar-refractivity contribution in [2.75, 3.05) is 47.6 Å². The van der Waals surface area contributed by atoms with Crippen LogP contribution in [0.4, 0.5) is 0 Å². The normalized spacial score (nSPS) is 19.2. The quantitative estimate of drug-likeness (QED) is 0.647. The van der Waals surface area contributed by atoms with Crippen LogP contribution in [0.5, 0.6) is 17.2 Å². The first-order valence-corrected chi connectivity index (χ1v) is 9.83. The second-order valence-corrected chi connectivity index (χ2v) is 7.10. The SMILES string of the molecule is COc1cc(OC)c(C[NH2+]C[C@@H]2C[NH+](Cc3ccccc3)CCO2)c(OC)c1. The zero-order valence-electron chi connectivity index (χ0n) is 17.1. The fraction of sp³-hybridized carbons (Fsp3) is 0.455. The van der Waals surface area contributed by atoms with Gasteiger partial charge in [0, 0.05) is 17.7 Å². The van der Waals surface area contributed by atoms with E-state index in [-0.39, 0.29) is 6.10 Å². The van der Waals surface area contributed by atoms with Crippen LogP contribution in [0.1, 0.15) is 11.1 Å². The van der Waals surface area contributed by atoms with Crippen LogP contribution in [0.15, 0.2) is 42.5 Å². The Balaban J connectivity index is 1.54. The van der Waals surface area contributed by atoms with Gasteiger partial charge in [0.1, 0.15) is 50.0 Å². The molecule has 1 aliphatic rings. The third-order valence-electron chi connectivity index (χ3n) is 5.22. The van der Waals surface area contributed by atoms with E-state index in [2.05, 4.69) is 35.6 Å². The predicted octanol–water partition coefficient (Wildman–Crippen LogP) is 0.260. The predicted molar refractivity (Wildman–Crippen MR) is 107 cm³/mol. The molecular weight excluding hydrogens is 356 g/mol. The van der Waals surface area contributed by atoms with Crippen LogP contribution >= 0.6 is 0 Å². The Morgan fingerprint density at radius 2 is 1.75 bits per heavy atom. The van der Waals surface area contributed by atoms with Crippen LogP contribution in [0.25, 0.3) is 0 Å². The molecule has 1 saturated heterocycles. The third-order valence-corrected chi connectivity index (χ3v) is 5.22. The summed E-state index contributed by atoms with van der Waals surface area (Å²) in [6, 6.07) is 14.5. The zero-order chi connectivity index (χ0) is 19.8. The van der Waals surface area contributed by atoms with Crippen LogP contribution in [-0.2, 0) is 17.8 Å². The average molecular weight is 389 g/mol. The van der Waals surface area contributed by atoms with Gasteiger partial charge in [-0.05, 0) is 0 Å². The summed E-state index contributed by atoms with van der Waals surface area (Å²) in [4.78, 5) is 1.58. The molecule has 152 valence electrons. The van der Waals surface area contributed by atoms with Crippen molar-refractivity contribution in [1.29, 1.82) is 0 Å².